The van der Waals surface area contributed by atoms with Crippen molar-refractivity contribution < 1.29 is 8.83 Å². The second kappa shape index (κ2) is 8.87. The highest BCUT2D eigenvalue weighted by atomic mass is 16.3. The lowest BCUT2D eigenvalue weighted by atomic mass is 9.82. The van der Waals surface area contributed by atoms with Crippen molar-refractivity contribution in [2.75, 3.05) is 0 Å². The van der Waals surface area contributed by atoms with Crippen LogP contribution in [-0.2, 0) is 11.8 Å². The van der Waals surface area contributed by atoms with Gasteiger partial charge in [-0.05, 0) is 83.5 Å². The zero-order valence-electron chi connectivity index (χ0n) is 23.4. The molecular formula is C35H35NO2. The van der Waals surface area contributed by atoms with Gasteiger partial charge in [0, 0.05) is 34.7 Å². The van der Waals surface area contributed by atoms with Gasteiger partial charge in [-0.1, -0.05) is 58.9 Å². The molecule has 6 rings (SSSR count). The summed E-state index contributed by atoms with van der Waals surface area (Å²) >= 11 is 0. The summed E-state index contributed by atoms with van der Waals surface area (Å²) in [6.45, 7) is 15.6. The molecule has 38 heavy (non-hydrogen) atoms. The molecule has 3 heterocycles. The molecule has 0 fully saturated rings. The highest BCUT2D eigenvalue weighted by Crippen LogP contribution is 2.41. The van der Waals surface area contributed by atoms with Gasteiger partial charge in [0.05, 0.1) is 11.1 Å². The molecule has 192 valence electrons. The molecule has 3 aromatic carbocycles. The summed E-state index contributed by atoms with van der Waals surface area (Å²) in [6.07, 6.45) is 2.80. The van der Waals surface area contributed by atoms with Crippen molar-refractivity contribution in [3.63, 3.8) is 0 Å². The van der Waals surface area contributed by atoms with E-state index in [0.29, 0.717) is 5.92 Å². The molecule has 0 saturated heterocycles. The Bertz CT molecular complexity index is 1820. The van der Waals surface area contributed by atoms with E-state index < -0.39 is 0 Å². The normalized spacial score (nSPS) is 12.4. The SMILES string of the molecule is Cc1c(CC(C)C)oc2ccc(-c3oc4ccnc(-c5cc(C(C)(C)C)c6ccccc6c5)c4c3C)cc12. The summed E-state index contributed by atoms with van der Waals surface area (Å²) in [7, 11) is 0. The molecule has 0 aliphatic rings. The molecule has 3 aromatic heterocycles. The van der Waals surface area contributed by atoms with Gasteiger partial charge in [0.1, 0.15) is 22.7 Å². The molecule has 0 atom stereocenters. The first kappa shape index (κ1) is 24.5. The lowest BCUT2D eigenvalue weighted by Gasteiger charge is -2.22. The van der Waals surface area contributed by atoms with Crippen LogP contribution in [0.5, 0.6) is 0 Å². The number of rotatable bonds is 4. The fourth-order valence-electron chi connectivity index (χ4n) is 5.73. The minimum Gasteiger partial charge on any atom is -0.461 e. The lowest BCUT2D eigenvalue weighted by Crippen LogP contribution is -2.12. The van der Waals surface area contributed by atoms with E-state index in [9.17, 15) is 0 Å². The fourth-order valence-corrected chi connectivity index (χ4v) is 5.73. The Morgan fingerprint density at radius 3 is 2.34 bits per heavy atom. The second-order valence-electron chi connectivity index (χ2n) is 12.0. The third kappa shape index (κ3) is 4.01. The first-order valence-electron chi connectivity index (χ1n) is 13.6. The largest absolute Gasteiger partial charge is 0.461 e. The Morgan fingerprint density at radius 1 is 0.789 bits per heavy atom. The van der Waals surface area contributed by atoms with Crippen molar-refractivity contribution in [1.29, 1.82) is 0 Å². The number of benzene rings is 3. The standard InChI is InChI=1S/C35H35NO2/c1-20(2)16-31-21(3)27-18-24(12-13-29(27)37-31)34-22(4)32-30(38-34)14-15-36-33(32)25-17-23-10-8-9-11-26(23)28(19-25)35(5,6)7/h8-15,17-20H,16H2,1-7H3. The van der Waals surface area contributed by atoms with Gasteiger partial charge in [-0.3, -0.25) is 4.98 Å². The predicted molar refractivity (Wildman–Crippen MR) is 159 cm³/mol. The zero-order valence-corrected chi connectivity index (χ0v) is 23.4. The van der Waals surface area contributed by atoms with E-state index in [4.69, 9.17) is 13.8 Å². The summed E-state index contributed by atoms with van der Waals surface area (Å²) in [5.74, 6) is 2.51. The average Bonchev–Trinajstić information content (AvgIpc) is 3.38. The molecule has 0 aliphatic heterocycles. The summed E-state index contributed by atoms with van der Waals surface area (Å²) in [5.41, 5.74) is 8.59. The van der Waals surface area contributed by atoms with Crippen LogP contribution in [0.3, 0.4) is 0 Å². The smallest absolute Gasteiger partial charge is 0.138 e. The zero-order chi connectivity index (χ0) is 26.8. The van der Waals surface area contributed by atoms with Gasteiger partial charge in [-0.15, -0.1) is 0 Å². The van der Waals surface area contributed by atoms with Crippen LogP contribution in [0, 0.1) is 19.8 Å². The Hall–Kier alpha value is -3.85. The van der Waals surface area contributed by atoms with Crippen LogP contribution in [-0.4, -0.2) is 4.98 Å². The number of fused-ring (bicyclic) bond motifs is 3. The molecule has 0 N–H and O–H groups in total. The van der Waals surface area contributed by atoms with Crippen molar-refractivity contribution in [1.82, 2.24) is 4.98 Å². The van der Waals surface area contributed by atoms with E-state index in [1.54, 1.807) is 0 Å². The van der Waals surface area contributed by atoms with Gasteiger partial charge in [0.25, 0.3) is 0 Å². The summed E-state index contributed by atoms with van der Waals surface area (Å²) in [4.78, 5) is 4.89. The van der Waals surface area contributed by atoms with Gasteiger partial charge >= 0.3 is 0 Å². The maximum absolute atomic E-state index is 6.52. The number of aromatic nitrogens is 1. The molecule has 0 radical (unpaired) electrons. The lowest BCUT2D eigenvalue weighted by molar-refractivity contribution is 0.496. The van der Waals surface area contributed by atoms with Crippen molar-refractivity contribution in [3.05, 3.63) is 89.3 Å². The van der Waals surface area contributed by atoms with Crippen LogP contribution in [0.25, 0.3) is 55.3 Å². The molecule has 0 amide bonds. The Balaban J connectivity index is 1.54. The maximum atomic E-state index is 6.52. The van der Waals surface area contributed by atoms with Crippen molar-refractivity contribution in [3.8, 4) is 22.6 Å². The minimum absolute atomic E-state index is 0.00635. The average molecular weight is 502 g/mol. The van der Waals surface area contributed by atoms with Gasteiger partial charge in [-0.2, -0.15) is 0 Å². The van der Waals surface area contributed by atoms with Crippen molar-refractivity contribution >= 4 is 32.7 Å². The van der Waals surface area contributed by atoms with E-state index in [1.165, 1.54) is 21.9 Å². The first-order valence-corrected chi connectivity index (χ1v) is 13.6. The summed E-state index contributed by atoms with van der Waals surface area (Å²) in [5, 5.41) is 4.75. The molecular weight excluding hydrogens is 466 g/mol. The number of hydrogen-bond acceptors (Lipinski definition) is 3. The maximum Gasteiger partial charge on any atom is 0.138 e. The summed E-state index contributed by atoms with van der Waals surface area (Å²) < 4.78 is 12.7. The molecule has 3 nitrogen and oxygen atoms in total. The van der Waals surface area contributed by atoms with Crippen molar-refractivity contribution in [2.24, 2.45) is 5.92 Å². The first-order chi connectivity index (χ1) is 18.1. The Kier molecular flexibility index (Phi) is 5.72. The molecule has 0 saturated carbocycles. The van der Waals surface area contributed by atoms with Crippen molar-refractivity contribution in [2.45, 2.75) is 60.3 Å². The topological polar surface area (TPSA) is 39.2 Å². The molecule has 0 aliphatic carbocycles. The van der Waals surface area contributed by atoms with Gasteiger partial charge in [-0.25, -0.2) is 0 Å². The molecule has 3 heteroatoms. The Morgan fingerprint density at radius 2 is 1.58 bits per heavy atom. The van der Waals surface area contributed by atoms with Crippen LogP contribution in [0.2, 0.25) is 0 Å². The third-order valence-corrected chi connectivity index (χ3v) is 7.67. The predicted octanol–water partition coefficient (Wildman–Crippen LogP) is 10.2. The molecule has 0 spiro atoms. The molecule has 0 bridgehead atoms. The van der Waals surface area contributed by atoms with Gasteiger partial charge in [0.15, 0.2) is 0 Å². The second-order valence-corrected chi connectivity index (χ2v) is 12.0. The number of aryl methyl sites for hydroxylation is 2. The quantitative estimate of drug-likeness (QED) is 0.241. The fraction of sp³-hybridized carbons (Fsp3) is 0.286. The van der Waals surface area contributed by atoms with Crippen LogP contribution >= 0.6 is 0 Å². The number of hydrogen-bond donors (Lipinski definition) is 0. The Labute approximate surface area is 224 Å². The van der Waals surface area contributed by atoms with E-state index in [-0.39, 0.29) is 5.41 Å². The molecule has 6 aromatic rings. The van der Waals surface area contributed by atoms with Crippen LogP contribution in [0.15, 0.2) is 75.7 Å². The van der Waals surface area contributed by atoms with Gasteiger partial charge in [0.2, 0.25) is 0 Å². The number of furan rings is 2. The van der Waals surface area contributed by atoms with Gasteiger partial charge < -0.3 is 8.83 Å². The third-order valence-electron chi connectivity index (χ3n) is 7.67. The monoisotopic (exact) mass is 501 g/mol. The minimum atomic E-state index is 0.00635. The highest BCUT2D eigenvalue weighted by molar-refractivity contribution is 6.01. The van der Waals surface area contributed by atoms with Crippen LogP contribution < -0.4 is 0 Å². The number of pyridine rings is 1. The van der Waals surface area contributed by atoms with Crippen LogP contribution in [0.4, 0.5) is 0 Å². The highest BCUT2D eigenvalue weighted by Gasteiger charge is 2.22. The van der Waals surface area contributed by atoms with E-state index >= 15 is 0 Å². The number of nitrogens with zero attached hydrogens (tertiary/aromatic N) is 1. The van der Waals surface area contributed by atoms with E-state index in [0.717, 1.165) is 62.3 Å². The van der Waals surface area contributed by atoms with E-state index in [2.05, 4.69) is 103 Å². The summed E-state index contributed by atoms with van der Waals surface area (Å²) in [6, 6.07) is 21.6. The van der Waals surface area contributed by atoms with E-state index in [1.807, 2.05) is 12.3 Å². The van der Waals surface area contributed by atoms with Crippen LogP contribution in [0.1, 0.15) is 57.1 Å². The molecule has 0 unspecified atom stereocenters.